The fourth-order valence-corrected chi connectivity index (χ4v) is 2.33. The lowest BCUT2D eigenvalue weighted by atomic mass is 10.1. The number of halogens is 2. The molecule has 0 atom stereocenters. The SMILES string of the molecule is Cc1ccc(N(C)CC(=O)c2cc(F)ccc2F)c(C)c1. The van der Waals surface area contributed by atoms with Gasteiger partial charge in [-0.25, -0.2) is 8.78 Å². The molecule has 4 heteroatoms. The van der Waals surface area contributed by atoms with Gasteiger partial charge in [-0.2, -0.15) is 0 Å². The molecule has 0 aliphatic carbocycles. The van der Waals surface area contributed by atoms with Gasteiger partial charge in [0.1, 0.15) is 11.6 Å². The first-order valence-corrected chi connectivity index (χ1v) is 6.65. The van der Waals surface area contributed by atoms with Gasteiger partial charge in [0, 0.05) is 12.7 Å². The first-order valence-electron chi connectivity index (χ1n) is 6.65. The number of carbonyl (C=O) groups excluding carboxylic acids is 1. The van der Waals surface area contributed by atoms with Crippen LogP contribution in [0.5, 0.6) is 0 Å². The largest absolute Gasteiger partial charge is 0.367 e. The van der Waals surface area contributed by atoms with Gasteiger partial charge in [-0.3, -0.25) is 4.79 Å². The van der Waals surface area contributed by atoms with Crippen molar-refractivity contribution in [2.75, 3.05) is 18.5 Å². The Bertz CT molecular complexity index is 682. The molecule has 2 nitrogen and oxygen atoms in total. The Morgan fingerprint density at radius 1 is 1.10 bits per heavy atom. The molecule has 2 aromatic rings. The summed E-state index contributed by atoms with van der Waals surface area (Å²) in [7, 11) is 1.76. The van der Waals surface area contributed by atoms with Crippen LogP contribution < -0.4 is 4.90 Å². The van der Waals surface area contributed by atoms with Gasteiger partial charge in [-0.15, -0.1) is 0 Å². The molecule has 0 saturated heterocycles. The second kappa shape index (κ2) is 6.04. The monoisotopic (exact) mass is 289 g/mol. The molecule has 0 spiro atoms. The summed E-state index contributed by atoms with van der Waals surface area (Å²) < 4.78 is 26.7. The molecule has 0 N–H and O–H groups in total. The number of anilines is 1. The maximum atomic E-state index is 13.6. The van der Waals surface area contributed by atoms with Crippen molar-refractivity contribution in [2.24, 2.45) is 0 Å². The van der Waals surface area contributed by atoms with E-state index in [-0.39, 0.29) is 12.1 Å². The summed E-state index contributed by atoms with van der Waals surface area (Å²) in [5, 5.41) is 0. The molecule has 0 heterocycles. The van der Waals surface area contributed by atoms with Gasteiger partial charge in [0.15, 0.2) is 5.78 Å². The van der Waals surface area contributed by atoms with E-state index in [0.29, 0.717) is 0 Å². The fraction of sp³-hybridized carbons (Fsp3) is 0.235. The normalized spacial score (nSPS) is 10.5. The third-order valence-corrected chi connectivity index (χ3v) is 3.37. The number of Topliss-reactive ketones (excluding diaryl/α,β-unsaturated/α-hetero) is 1. The van der Waals surface area contributed by atoms with Crippen molar-refractivity contribution in [3.05, 3.63) is 64.7 Å². The first-order chi connectivity index (χ1) is 9.88. The van der Waals surface area contributed by atoms with Crippen LogP contribution >= 0.6 is 0 Å². The van der Waals surface area contributed by atoms with Crippen LogP contribution in [0.3, 0.4) is 0 Å². The number of rotatable bonds is 4. The van der Waals surface area contributed by atoms with Gasteiger partial charge in [0.05, 0.1) is 12.1 Å². The van der Waals surface area contributed by atoms with E-state index in [2.05, 4.69) is 0 Å². The van der Waals surface area contributed by atoms with Crippen LogP contribution in [0.2, 0.25) is 0 Å². The number of ketones is 1. The quantitative estimate of drug-likeness (QED) is 0.796. The van der Waals surface area contributed by atoms with Crippen molar-refractivity contribution in [2.45, 2.75) is 13.8 Å². The predicted octanol–water partition coefficient (Wildman–Crippen LogP) is 3.90. The van der Waals surface area contributed by atoms with E-state index < -0.39 is 17.4 Å². The molecule has 2 aromatic carbocycles. The van der Waals surface area contributed by atoms with E-state index in [9.17, 15) is 13.6 Å². The van der Waals surface area contributed by atoms with Crippen molar-refractivity contribution < 1.29 is 13.6 Å². The summed E-state index contributed by atoms with van der Waals surface area (Å²) in [4.78, 5) is 13.9. The second-order valence-electron chi connectivity index (χ2n) is 5.19. The van der Waals surface area contributed by atoms with Crippen molar-refractivity contribution >= 4 is 11.5 Å². The highest BCUT2D eigenvalue weighted by Crippen LogP contribution is 2.20. The van der Waals surface area contributed by atoms with Gasteiger partial charge < -0.3 is 4.90 Å². The number of nitrogens with zero attached hydrogens (tertiary/aromatic N) is 1. The topological polar surface area (TPSA) is 20.3 Å². The highest BCUT2D eigenvalue weighted by Gasteiger charge is 2.16. The Morgan fingerprint density at radius 2 is 1.81 bits per heavy atom. The first kappa shape index (κ1) is 15.2. The zero-order valence-electron chi connectivity index (χ0n) is 12.3. The molecule has 0 bridgehead atoms. The van der Waals surface area contributed by atoms with E-state index >= 15 is 0 Å². The highest BCUT2D eigenvalue weighted by atomic mass is 19.1. The van der Waals surface area contributed by atoms with Crippen LogP contribution in [-0.2, 0) is 0 Å². The molecule has 0 aliphatic heterocycles. The van der Waals surface area contributed by atoms with Crippen LogP contribution in [0.1, 0.15) is 21.5 Å². The lowest BCUT2D eigenvalue weighted by Crippen LogP contribution is -2.27. The van der Waals surface area contributed by atoms with Crippen molar-refractivity contribution in [1.29, 1.82) is 0 Å². The second-order valence-corrected chi connectivity index (χ2v) is 5.19. The van der Waals surface area contributed by atoms with Crippen LogP contribution in [0.4, 0.5) is 14.5 Å². The van der Waals surface area contributed by atoms with Crippen LogP contribution in [-0.4, -0.2) is 19.4 Å². The lowest BCUT2D eigenvalue weighted by molar-refractivity contribution is 0.0996. The lowest BCUT2D eigenvalue weighted by Gasteiger charge is -2.21. The Labute approximate surface area is 123 Å². The van der Waals surface area contributed by atoms with Gasteiger partial charge in [-0.1, -0.05) is 17.7 Å². The maximum absolute atomic E-state index is 13.6. The number of hydrogen-bond acceptors (Lipinski definition) is 2. The Balaban J connectivity index is 2.20. The summed E-state index contributed by atoms with van der Waals surface area (Å²) in [6.45, 7) is 3.93. The zero-order valence-corrected chi connectivity index (χ0v) is 12.3. The van der Waals surface area contributed by atoms with E-state index in [4.69, 9.17) is 0 Å². The molecule has 0 unspecified atom stereocenters. The maximum Gasteiger partial charge on any atom is 0.185 e. The minimum absolute atomic E-state index is 0.00965. The predicted molar refractivity (Wildman–Crippen MR) is 79.9 cm³/mol. The molecule has 110 valence electrons. The molecule has 2 rings (SSSR count). The van der Waals surface area contributed by atoms with Crippen molar-refractivity contribution in [3.8, 4) is 0 Å². The molecular formula is C17H17F2NO. The standard InChI is InChI=1S/C17H17F2NO/c1-11-4-7-16(12(2)8-11)20(3)10-17(21)14-9-13(18)5-6-15(14)19/h4-9H,10H2,1-3H3. The Morgan fingerprint density at radius 3 is 2.48 bits per heavy atom. The Hall–Kier alpha value is -2.23. The Kier molecular flexibility index (Phi) is 4.36. The highest BCUT2D eigenvalue weighted by molar-refractivity contribution is 5.99. The van der Waals surface area contributed by atoms with Crippen molar-refractivity contribution in [1.82, 2.24) is 0 Å². The van der Waals surface area contributed by atoms with E-state index in [0.717, 1.165) is 35.0 Å². The van der Waals surface area contributed by atoms with E-state index in [1.165, 1.54) is 0 Å². The molecule has 0 aromatic heterocycles. The van der Waals surface area contributed by atoms with Crippen LogP contribution in [0.15, 0.2) is 36.4 Å². The number of benzene rings is 2. The molecule has 21 heavy (non-hydrogen) atoms. The molecule has 0 radical (unpaired) electrons. The molecule has 0 aliphatic rings. The molecule has 0 saturated carbocycles. The third-order valence-electron chi connectivity index (χ3n) is 3.37. The summed E-state index contributed by atoms with van der Waals surface area (Å²) >= 11 is 0. The summed E-state index contributed by atoms with van der Waals surface area (Å²) in [6, 6.07) is 8.79. The fourth-order valence-electron chi connectivity index (χ4n) is 2.33. The average molecular weight is 289 g/mol. The van der Waals surface area contributed by atoms with E-state index in [1.807, 2.05) is 32.0 Å². The number of aryl methyl sites for hydroxylation is 2. The van der Waals surface area contributed by atoms with Gasteiger partial charge in [0.25, 0.3) is 0 Å². The van der Waals surface area contributed by atoms with Crippen LogP contribution in [0, 0.1) is 25.5 Å². The van der Waals surface area contributed by atoms with Crippen LogP contribution in [0.25, 0.3) is 0 Å². The van der Waals surface area contributed by atoms with Gasteiger partial charge in [0.2, 0.25) is 0 Å². The van der Waals surface area contributed by atoms with E-state index in [1.54, 1.807) is 11.9 Å². The summed E-state index contributed by atoms with van der Waals surface area (Å²) in [5.41, 5.74) is 2.84. The smallest absolute Gasteiger partial charge is 0.185 e. The summed E-state index contributed by atoms with van der Waals surface area (Å²) in [6.07, 6.45) is 0. The molecule has 0 fully saturated rings. The average Bonchev–Trinajstić information content (AvgIpc) is 2.41. The van der Waals surface area contributed by atoms with Gasteiger partial charge in [-0.05, 0) is 43.7 Å². The minimum Gasteiger partial charge on any atom is -0.367 e. The zero-order chi connectivity index (χ0) is 15.6. The number of hydrogen-bond donors (Lipinski definition) is 0. The minimum atomic E-state index is -0.699. The van der Waals surface area contributed by atoms with Gasteiger partial charge >= 0.3 is 0 Å². The number of likely N-dealkylation sites (N-methyl/N-ethyl adjacent to an activating group) is 1. The van der Waals surface area contributed by atoms with Crippen molar-refractivity contribution in [3.63, 3.8) is 0 Å². The molecule has 0 amide bonds. The third kappa shape index (κ3) is 3.45. The molecular weight excluding hydrogens is 272 g/mol. The summed E-state index contributed by atoms with van der Waals surface area (Å²) in [5.74, 6) is -1.76. The number of carbonyl (C=O) groups is 1.